The normalized spacial score (nSPS) is 12.7. The average Bonchev–Trinajstić information content (AvgIpc) is 3.11. The second kappa shape index (κ2) is 11.9. The quantitative estimate of drug-likeness (QED) is 0.177. The van der Waals surface area contributed by atoms with Crippen molar-refractivity contribution in [3.8, 4) is 0 Å². The van der Waals surface area contributed by atoms with Gasteiger partial charge in [-0.1, -0.05) is 96.1 Å². The van der Waals surface area contributed by atoms with Gasteiger partial charge in [0.1, 0.15) is 0 Å². The Balaban J connectivity index is 1.44. The summed E-state index contributed by atoms with van der Waals surface area (Å²) in [6, 6.07) is 53.5. The Morgan fingerprint density at radius 1 is 0.370 bits per heavy atom. The van der Waals surface area contributed by atoms with Crippen LogP contribution in [-0.2, 0) is 12.8 Å². The van der Waals surface area contributed by atoms with Crippen LogP contribution in [0.25, 0.3) is 21.5 Å². The Labute approximate surface area is 272 Å². The molecule has 0 spiro atoms. The molecule has 2 heteroatoms. The predicted molar refractivity (Wildman–Crippen MR) is 197 cm³/mol. The molecule has 224 valence electrons. The summed E-state index contributed by atoms with van der Waals surface area (Å²) in [5, 5.41) is 5.23. The molecule has 0 heterocycles. The van der Waals surface area contributed by atoms with Gasteiger partial charge < -0.3 is 9.80 Å². The van der Waals surface area contributed by atoms with Crippen molar-refractivity contribution < 1.29 is 0 Å². The lowest BCUT2D eigenvalue weighted by Gasteiger charge is -2.33. The van der Waals surface area contributed by atoms with Crippen molar-refractivity contribution in [2.45, 2.75) is 39.5 Å². The molecule has 1 aliphatic rings. The first-order valence-corrected chi connectivity index (χ1v) is 16.5. The van der Waals surface area contributed by atoms with E-state index in [9.17, 15) is 0 Å². The number of anilines is 6. The SMILES string of the molecule is Cc1ccc(N(c2ccccc2)c2cc3c(cc(N(c4ccccc4)c4ccc(C)cc4)c4ccccc43)c3c2CCCC3)cc1. The van der Waals surface area contributed by atoms with E-state index in [0.29, 0.717) is 0 Å². The van der Waals surface area contributed by atoms with Crippen molar-refractivity contribution in [2.24, 2.45) is 0 Å². The predicted octanol–water partition coefficient (Wildman–Crippen LogP) is 12.4. The lowest BCUT2D eigenvalue weighted by atomic mass is 9.84. The van der Waals surface area contributed by atoms with Crippen molar-refractivity contribution in [3.05, 3.63) is 168 Å². The molecule has 7 aromatic rings. The smallest absolute Gasteiger partial charge is 0.0546 e. The number of hydrogen-bond acceptors (Lipinski definition) is 2. The van der Waals surface area contributed by atoms with Crippen LogP contribution in [0.4, 0.5) is 34.1 Å². The molecule has 2 nitrogen and oxygen atoms in total. The van der Waals surface area contributed by atoms with E-state index >= 15 is 0 Å². The minimum absolute atomic E-state index is 1.08. The Hall–Kier alpha value is -5.34. The molecule has 1 aliphatic carbocycles. The van der Waals surface area contributed by atoms with Gasteiger partial charge in [0, 0.05) is 28.1 Å². The van der Waals surface area contributed by atoms with E-state index in [0.717, 1.165) is 18.5 Å². The van der Waals surface area contributed by atoms with Crippen LogP contribution in [-0.4, -0.2) is 0 Å². The molecule has 46 heavy (non-hydrogen) atoms. The fourth-order valence-corrected chi connectivity index (χ4v) is 7.27. The summed E-state index contributed by atoms with van der Waals surface area (Å²) in [5.74, 6) is 0. The second-order valence-electron chi connectivity index (χ2n) is 12.6. The number of nitrogens with zero attached hydrogens (tertiary/aromatic N) is 2. The third kappa shape index (κ3) is 5.01. The average molecular weight is 595 g/mol. The van der Waals surface area contributed by atoms with Crippen LogP contribution in [0, 0.1) is 13.8 Å². The van der Waals surface area contributed by atoms with Gasteiger partial charge in [-0.15, -0.1) is 0 Å². The Morgan fingerprint density at radius 3 is 1.37 bits per heavy atom. The maximum atomic E-state index is 2.48. The highest BCUT2D eigenvalue weighted by Crippen LogP contribution is 2.48. The first-order chi connectivity index (χ1) is 22.7. The third-order valence-electron chi connectivity index (χ3n) is 9.54. The van der Waals surface area contributed by atoms with Crippen LogP contribution in [0.5, 0.6) is 0 Å². The molecule has 0 aliphatic heterocycles. The van der Waals surface area contributed by atoms with Gasteiger partial charge in [0.2, 0.25) is 0 Å². The number of hydrogen-bond donors (Lipinski definition) is 0. The number of para-hydroxylation sites is 2. The molecule has 0 N–H and O–H groups in total. The highest BCUT2D eigenvalue weighted by Gasteiger charge is 2.25. The molecule has 8 rings (SSSR count). The van der Waals surface area contributed by atoms with E-state index < -0.39 is 0 Å². The van der Waals surface area contributed by atoms with Gasteiger partial charge in [-0.25, -0.2) is 0 Å². The zero-order valence-corrected chi connectivity index (χ0v) is 26.6. The molecule has 0 atom stereocenters. The summed E-state index contributed by atoms with van der Waals surface area (Å²) in [6.45, 7) is 4.31. The molecule has 0 bridgehead atoms. The van der Waals surface area contributed by atoms with Crippen molar-refractivity contribution in [1.29, 1.82) is 0 Å². The van der Waals surface area contributed by atoms with Gasteiger partial charge in [0.05, 0.1) is 11.4 Å². The van der Waals surface area contributed by atoms with Crippen LogP contribution < -0.4 is 9.80 Å². The van der Waals surface area contributed by atoms with Gasteiger partial charge in [0.25, 0.3) is 0 Å². The molecule has 0 amide bonds. The zero-order chi connectivity index (χ0) is 31.0. The maximum absolute atomic E-state index is 2.48. The summed E-state index contributed by atoms with van der Waals surface area (Å²) in [4.78, 5) is 4.92. The van der Waals surface area contributed by atoms with E-state index in [1.54, 1.807) is 0 Å². The summed E-state index contributed by atoms with van der Waals surface area (Å²) in [7, 11) is 0. The largest absolute Gasteiger partial charge is 0.310 e. The van der Waals surface area contributed by atoms with Crippen molar-refractivity contribution >= 4 is 55.7 Å². The lowest BCUT2D eigenvalue weighted by Crippen LogP contribution is -2.16. The Bertz CT molecular complexity index is 2150. The van der Waals surface area contributed by atoms with Gasteiger partial charge in [-0.2, -0.15) is 0 Å². The van der Waals surface area contributed by atoms with Crippen LogP contribution in [0.1, 0.15) is 35.1 Å². The van der Waals surface area contributed by atoms with E-state index in [4.69, 9.17) is 0 Å². The number of rotatable bonds is 6. The molecule has 7 aromatic carbocycles. The fraction of sp³-hybridized carbons (Fsp3) is 0.136. The van der Waals surface area contributed by atoms with Gasteiger partial charge in [-0.3, -0.25) is 0 Å². The number of fused-ring (bicyclic) bond motifs is 5. The van der Waals surface area contributed by atoms with E-state index in [1.807, 2.05) is 0 Å². The lowest BCUT2D eigenvalue weighted by molar-refractivity contribution is 0.690. The molecule has 0 radical (unpaired) electrons. The summed E-state index contributed by atoms with van der Waals surface area (Å²) < 4.78 is 0. The van der Waals surface area contributed by atoms with Crippen LogP contribution >= 0.6 is 0 Å². The van der Waals surface area contributed by atoms with E-state index in [2.05, 4.69) is 169 Å². The van der Waals surface area contributed by atoms with E-state index in [-0.39, 0.29) is 0 Å². The molecular formula is C44H38N2. The third-order valence-corrected chi connectivity index (χ3v) is 9.54. The van der Waals surface area contributed by atoms with Crippen molar-refractivity contribution in [3.63, 3.8) is 0 Å². The Kier molecular flexibility index (Phi) is 7.27. The summed E-state index contributed by atoms with van der Waals surface area (Å²) >= 11 is 0. The summed E-state index contributed by atoms with van der Waals surface area (Å²) in [5.41, 5.74) is 12.7. The topological polar surface area (TPSA) is 6.48 Å². The highest BCUT2D eigenvalue weighted by atomic mass is 15.2. The molecule has 0 saturated heterocycles. The van der Waals surface area contributed by atoms with Gasteiger partial charge in [-0.05, 0) is 127 Å². The minimum atomic E-state index is 1.08. The number of aryl methyl sites for hydroxylation is 3. The minimum Gasteiger partial charge on any atom is -0.310 e. The van der Waals surface area contributed by atoms with Gasteiger partial charge >= 0.3 is 0 Å². The highest BCUT2D eigenvalue weighted by molar-refractivity contribution is 6.17. The second-order valence-corrected chi connectivity index (χ2v) is 12.6. The number of benzene rings is 7. The molecule has 0 saturated carbocycles. The fourth-order valence-electron chi connectivity index (χ4n) is 7.27. The van der Waals surface area contributed by atoms with Crippen molar-refractivity contribution in [2.75, 3.05) is 9.80 Å². The summed E-state index contributed by atoms with van der Waals surface area (Å²) in [6.07, 6.45) is 4.59. The standard InChI is InChI=1S/C44H38N2/c1-31-21-25-35(26-22-31)45(33-13-5-3-6-14-33)43-29-41-38-18-10-12-20-40(38)44(30-42(41)37-17-9-11-19-39(37)43)46(34-15-7-4-8-16-34)36-27-23-32(2)24-28-36/h3-9,11,13-17,19,21-30H,10,12,18,20H2,1-2H3. The van der Waals surface area contributed by atoms with Crippen LogP contribution in [0.15, 0.2) is 146 Å². The van der Waals surface area contributed by atoms with Gasteiger partial charge in [0.15, 0.2) is 0 Å². The first-order valence-electron chi connectivity index (χ1n) is 16.5. The monoisotopic (exact) mass is 594 g/mol. The molecule has 0 aromatic heterocycles. The van der Waals surface area contributed by atoms with E-state index in [1.165, 1.54) is 85.1 Å². The first kappa shape index (κ1) is 28.2. The van der Waals surface area contributed by atoms with Crippen molar-refractivity contribution in [1.82, 2.24) is 0 Å². The molecular weight excluding hydrogens is 556 g/mol. The maximum Gasteiger partial charge on any atom is 0.0546 e. The zero-order valence-electron chi connectivity index (χ0n) is 26.6. The Morgan fingerprint density at radius 2 is 0.804 bits per heavy atom. The molecule has 0 unspecified atom stereocenters. The van der Waals surface area contributed by atoms with Crippen LogP contribution in [0.2, 0.25) is 0 Å². The van der Waals surface area contributed by atoms with Crippen LogP contribution in [0.3, 0.4) is 0 Å². The molecule has 0 fully saturated rings.